The zero-order valence-electron chi connectivity index (χ0n) is 11.5. The third kappa shape index (κ3) is 4.62. The standard InChI is InChI=1S/C12H17BrN4O2S2/c1-2-14-8-10-7-11(12(13)20-10)21(18,19)16-4-6-17-5-3-15-9-17/h3,5,7,9,14,16H,2,4,6,8H2,1H3. The lowest BCUT2D eigenvalue weighted by atomic mass is 10.4. The van der Waals surface area contributed by atoms with Crippen LogP contribution < -0.4 is 10.0 Å². The van der Waals surface area contributed by atoms with Crippen LogP contribution in [0.4, 0.5) is 0 Å². The first kappa shape index (κ1) is 16.6. The Morgan fingerprint density at radius 1 is 1.48 bits per heavy atom. The molecule has 0 radical (unpaired) electrons. The van der Waals surface area contributed by atoms with Gasteiger partial charge in [0, 0.05) is 36.9 Å². The van der Waals surface area contributed by atoms with Crippen molar-refractivity contribution in [1.82, 2.24) is 19.6 Å². The van der Waals surface area contributed by atoms with Gasteiger partial charge in [-0.05, 0) is 28.5 Å². The van der Waals surface area contributed by atoms with Gasteiger partial charge in [0.15, 0.2) is 0 Å². The summed E-state index contributed by atoms with van der Waals surface area (Å²) >= 11 is 4.76. The molecule has 116 valence electrons. The summed E-state index contributed by atoms with van der Waals surface area (Å²) in [6, 6.07) is 1.71. The minimum Gasteiger partial charge on any atom is -0.336 e. The predicted molar refractivity (Wildman–Crippen MR) is 86.8 cm³/mol. The number of aromatic nitrogens is 2. The molecule has 2 rings (SSSR count). The largest absolute Gasteiger partial charge is 0.336 e. The van der Waals surface area contributed by atoms with E-state index in [1.54, 1.807) is 24.8 Å². The lowest BCUT2D eigenvalue weighted by Crippen LogP contribution is -2.27. The Hall–Kier alpha value is -0.740. The molecule has 9 heteroatoms. The highest BCUT2D eigenvalue weighted by Gasteiger charge is 2.20. The normalized spacial score (nSPS) is 11.9. The van der Waals surface area contributed by atoms with Gasteiger partial charge in [0.1, 0.15) is 4.90 Å². The maximum Gasteiger partial charge on any atom is 0.242 e. The molecule has 2 heterocycles. The molecule has 2 N–H and O–H groups in total. The molecule has 0 saturated carbocycles. The van der Waals surface area contributed by atoms with Crippen LogP contribution in [0, 0.1) is 0 Å². The Bertz CT molecular complexity index is 667. The van der Waals surface area contributed by atoms with Crippen LogP contribution in [-0.2, 0) is 23.1 Å². The minimum absolute atomic E-state index is 0.297. The lowest BCUT2D eigenvalue weighted by Gasteiger charge is -2.06. The number of nitrogens with zero attached hydrogens (tertiary/aromatic N) is 2. The monoisotopic (exact) mass is 392 g/mol. The van der Waals surface area contributed by atoms with Crippen molar-refractivity contribution in [3.05, 3.63) is 33.5 Å². The number of thiophene rings is 1. The molecule has 0 unspecified atom stereocenters. The highest BCUT2D eigenvalue weighted by atomic mass is 79.9. The first-order valence-corrected chi connectivity index (χ1v) is 9.56. The summed E-state index contributed by atoms with van der Waals surface area (Å²) in [5.74, 6) is 0. The van der Waals surface area contributed by atoms with E-state index in [9.17, 15) is 8.42 Å². The van der Waals surface area contributed by atoms with E-state index >= 15 is 0 Å². The number of halogens is 1. The molecule has 0 amide bonds. The number of hydrogen-bond acceptors (Lipinski definition) is 5. The van der Waals surface area contributed by atoms with Crippen molar-refractivity contribution in [3.8, 4) is 0 Å². The summed E-state index contributed by atoms with van der Waals surface area (Å²) < 4.78 is 29.6. The molecule has 0 spiro atoms. The summed E-state index contributed by atoms with van der Waals surface area (Å²) in [4.78, 5) is 5.20. The predicted octanol–water partition coefficient (Wildman–Crippen LogP) is 1.80. The Morgan fingerprint density at radius 3 is 2.95 bits per heavy atom. The zero-order chi connectivity index (χ0) is 15.3. The third-order valence-electron chi connectivity index (χ3n) is 2.77. The Labute approximate surface area is 136 Å². The van der Waals surface area contributed by atoms with Gasteiger partial charge in [-0.2, -0.15) is 0 Å². The van der Waals surface area contributed by atoms with Gasteiger partial charge in [0.2, 0.25) is 10.0 Å². The Kier molecular flexibility index (Phi) is 5.94. The van der Waals surface area contributed by atoms with Crippen molar-refractivity contribution in [2.75, 3.05) is 13.1 Å². The number of sulfonamides is 1. The van der Waals surface area contributed by atoms with Crippen molar-refractivity contribution in [2.24, 2.45) is 0 Å². The van der Waals surface area contributed by atoms with E-state index in [0.717, 1.165) is 11.4 Å². The van der Waals surface area contributed by atoms with Gasteiger partial charge in [0.05, 0.1) is 10.1 Å². The molecule has 0 bridgehead atoms. The molecule has 6 nitrogen and oxygen atoms in total. The summed E-state index contributed by atoms with van der Waals surface area (Å²) in [5.41, 5.74) is 0. The summed E-state index contributed by atoms with van der Waals surface area (Å²) in [6.07, 6.45) is 5.11. The number of imidazole rings is 1. The maximum absolute atomic E-state index is 12.3. The van der Waals surface area contributed by atoms with E-state index in [2.05, 4.69) is 31.0 Å². The van der Waals surface area contributed by atoms with Crippen LogP contribution in [-0.4, -0.2) is 31.1 Å². The zero-order valence-corrected chi connectivity index (χ0v) is 14.8. The van der Waals surface area contributed by atoms with Gasteiger partial charge in [-0.1, -0.05) is 6.92 Å². The Balaban J connectivity index is 1.99. The van der Waals surface area contributed by atoms with Crippen LogP contribution in [0.1, 0.15) is 11.8 Å². The van der Waals surface area contributed by atoms with Crippen LogP contribution >= 0.6 is 27.3 Å². The van der Waals surface area contributed by atoms with Gasteiger partial charge in [-0.25, -0.2) is 18.1 Å². The summed E-state index contributed by atoms with van der Waals surface area (Å²) in [6.45, 7) is 4.40. The molecule has 2 aromatic heterocycles. The lowest BCUT2D eigenvalue weighted by molar-refractivity contribution is 0.572. The van der Waals surface area contributed by atoms with Crippen LogP contribution in [0.25, 0.3) is 0 Å². The quantitative estimate of drug-likeness (QED) is 0.717. The summed E-state index contributed by atoms with van der Waals surface area (Å²) in [5, 5.41) is 3.18. The van der Waals surface area contributed by atoms with E-state index in [1.165, 1.54) is 11.3 Å². The molecule has 0 atom stereocenters. The first-order chi connectivity index (χ1) is 10.0. The average molecular weight is 393 g/mol. The number of hydrogen-bond donors (Lipinski definition) is 2. The molecular weight excluding hydrogens is 376 g/mol. The molecule has 21 heavy (non-hydrogen) atoms. The van der Waals surface area contributed by atoms with Gasteiger partial charge in [0.25, 0.3) is 0 Å². The van der Waals surface area contributed by atoms with Crippen molar-refractivity contribution in [3.63, 3.8) is 0 Å². The molecular formula is C12H17BrN4O2S2. The fourth-order valence-electron chi connectivity index (χ4n) is 1.72. The SMILES string of the molecule is CCNCc1cc(S(=O)(=O)NCCn2ccnc2)c(Br)s1. The van der Waals surface area contributed by atoms with Crippen molar-refractivity contribution in [1.29, 1.82) is 0 Å². The van der Waals surface area contributed by atoms with Crippen LogP contribution in [0.3, 0.4) is 0 Å². The van der Waals surface area contributed by atoms with Gasteiger partial charge in [-0.15, -0.1) is 11.3 Å². The highest BCUT2D eigenvalue weighted by molar-refractivity contribution is 9.11. The minimum atomic E-state index is -3.50. The van der Waals surface area contributed by atoms with Gasteiger partial charge in [-0.3, -0.25) is 0 Å². The fourth-order valence-corrected chi connectivity index (χ4v) is 5.39. The second-order valence-corrected chi connectivity index (χ2v) is 8.52. The summed E-state index contributed by atoms with van der Waals surface area (Å²) in [7, 11) is -3.50. The number of nitrogens with one attached hydrogen (secondary N) is 2. The van der Waals surface area contributed by atoms with Crippen LogP contribution in [0.15, 0.2) is 33.5 Å². The average Bonchev–Trinajstić information content (AvgIpc) is 3.06. The van der Waals surface area contributed by atoms with E-state index in [0.29, 0.717) is 28.3 Å². The van der Waals surface area contributed by atoms with Crippen molar-refractivity contribution < 1.29 is 8.42 Å². The molecule has 0 saturated heterocycles. The van der Waals surface area contributed by atoms with Crippen LogP contribution in [0.5, 0.6) is 0 Å². The van der Waals surface area contributed by atoms with E-state index in [4.69, 9.17) is 0 Å². The second kappa shape index (κ2) is 7.50. The van der Waals surface area contributed by atoms with Gasteiger partial charge < -0.3 is 9.88 Å². The molecule has 0 aliphatic carbocycles. The third-order valence-corrected chi connectivity index (χ3v) is 6.48. The number of rotatable bonds is 8. The van der Waals surface area contributed by atoms with E-state index < -0.39 is 10.0 Å². The molecule has 0 aliphatic heterocycles. The van der Waals surface area contributed by atoms with E-state index in [1.807, 2.05) is 11.5 Å². The topological polar surface area (TPSA) is 76.0 Å². The molecule has 2 aromatic rings. The maximum atomic E-state index is 12.3. The smallest absolute Gasteiger partial charge is 0.242 e. The van der Waals surface area contributed by atoms with E-state index in [-0.39, 0.29) is 0 Å². The fraction of sp³-hybridized carbons (Fsp3) is 0.417. The first-order valence-electron chi connectivity index (χ1n) is 6.47. The van der Waals surface area contributed by atoms with Gasteiger partial charge >= 0.3 is 0 Å². The second-order valence-electron chi connectivity index (χ2n) is 4.33. The highest BCUT2D eigenvalue weighted by Crippen LogP contribution is 2.31. The van der Waals surface area contributed by atoms with Crippen molar-refractivity contribution >= 4 is 37.3 Å². The molecule has 0 aliphatic rings. The van der Waals surface area contributed by atoms with Crippen molar-refractivity contribution in [2.45, 2.75) is 24.9 Å². The Morgan fingerprint density at radius 2 is 2.29 bits per heavy atom. The molecule has 0 aromatic carbocycles. The molecule has 0 fully saturated rings. The van der Waals surface area contributed by atoms with Crippen LogP contribution in [0.2, 0.25) is 0 Å².